The number of nitrogens with zero attached hydrogens (tertiary/aromatic N) is 4. The fourth-order valence-corrected chi connectivity index (χ4v) is 3.06. The van der Waals surface area contributed by atoms with Gasteiger partial charge in [-0.25, -0.2) is 4.68 Å². The van der Waals surface area contributed by atoms with E-state index in [1.165, 1.54) is 17.3 Å². The van der Waals surface area contributed by atoms with Gasteiger partial charge in [0, 0.05) is 25.7 Å². The lowest BCUT2D eigenvalue weighted by Gasteiger charge is -2.30. The highest BCUT2D eigenvalue weighted by Crippen LogP contribution is 2.30. The molecule has 1 aliphatic rings. The van der Waals surface area contributed by atoms with Gasteiger partial charge < -0.3 is 10.1 Å². The van der Waals surface area contributed by atoms with Crippen LogP contribution in [0.25, 0.3) is 11.1 Å². The Hall–Kier alpha value is -2.63. The van der Waals surface area contributed by atoms with E-state index in [4.69, 9.17) is 5.21 Å². The van der Waals surface area contributed by atoms with Gasteiger partial charge >= 0.3 is 0 Å². The fourth-order valence-electron chi connectivity index (χ4n) is 3.06. The molecule has 2 aromatic rings. The molecule has 1 aromatic carbocycles. The molecular weight excluding hydrogens is 292 g/mol. The molecule has 0 bridgehead atoms. The molecule has 2 heterocycles. The maximum atomic E-state index is 12.8. The average molecular weight is 312 g/mol. The van der Waals surface area contributed by atoms with Crippen LogP contribution in [0.3, 0.4) is 0 Å². The molecule has 6 nitrogen and oxygen atoms in total. The molecule has 120 valence electrons. The summed E-state index contributed by atoms with van der Waals surface area (Å²) >= 11 is 0. The second kappa shape index (κ2) is 6.64. The Morgan fingerprint density at radius 1 is 1.22 bits per heavy atom. The van der Waals surface area contributed by atoms with E-state index >= 15 is 0 Å². The summed E-state index contributed by atoms with van der Waals surface area (Å²) in [5.41, 5.74) is 2.78. The Morgan fingerprint density at radius 3 is 2.70 bits per heavy atom. The molecule has 6 heteroatoms. The summed E-state index contributed by atoms with van der Waals surface area (Å²) in [7, 11) is 1.65. The predicted octanol–water partition coefficient (Wildman–Crippen LogP) is 2.25. The quantitative estimate of drug-likeness (QED) is 0.536. The van der Waals surface area contributed by atoms with Crippen LogP contribution >= 0.6 is 0 Å². The lowest BCUT2D eigenvalue weighted by atomic mass is 9.99. The molecule has 1 fully saturated rings. The molecule has 1 aromatic heterocycles. The Labute approximate surface area is 134 Å². The molecule has 0 unspecified atom stereocenters. The number of rotatable bonds is 3. The first kappa shape index (κ1) is 15.3. The van der Waals surface area contributed by atoms with E-state index in [0.29, 0.717) is 11.1 Å². The van der Waals surface area contributed by atoms with Crippen LogP contribution < -0.4 is 10.5 Å². The molecule has 23 heavy (non-hydrogen) atoms. The minimum atomic E-state index is -0.146. The summed E-state index contributed by atoms with van der Waals surface area (Å²) in [6, 6.07) is 7.44. The summed E-state index contributed by atoms with van der Waals surface area (Å²) in [5.74, 6) is 0. The van der Waals surface area contributed by atoms with E-state index in [9.17, 15) is 4.79 Å². The summed E-state index contributed by atoms with van der Waals surface area (Å²) in [5, 5.41) is 16.2. The SMILES string of the molecule is Cn1ncc(N2CCCCC2)c(-c2ccccc2/C=N/O)c1=O. The first-order chi connectivity index (χ1) is 11.2. The lowest BCUT2D eigenvalue weighted by Crippen LogP contribution is -2.33. The van der Waals surface area contributed by atoms with E-state index in [-0.39, 0.29) is 5.56 Å². The summed E-state index contributed by atoms with van der Waals surface area (Å²) in [4.78, 5) is 15.0. The lowest BCUT2D eigenvalue weighted by molar-refractivity contribution is 0.322. The molecule has 3 rings (SSSR count). The van der Waals surface area contributed by atoms with Crippen LogP contribution in [0.1, 0.15) is 24.8 Å². The Morgan fingerprint density at radius 2 is 1.96 bits per heavy atom. The highest BCUT2D eigenvalue weighted by Gasteiger charge is 2.20. The third-order valence-corrected chi connectivity index (χ3v) is 4.24. The van der Waals surface area contributed by atoms with Crippen LogP contribution in [-0.2, 0) is 7.05 Å². The molecule has 1 saturated heterocycles. The molecule has 0 spiro atoms. The second-order valence-corrected chi connectivity index (χ2v) is 5.71. The van der Waals surface area contributed by atoms with Gasteiger partial charge in [-0.2, -0.15) is 5.10 Å². The van der Waals surface area contributed by atoms with Crippen LogP contribution in [-0.4, -0.2) is 34.3 Å². The smallest absolute Gasteiger partial charge is 0.276 e. The minimum Gasteiger partial charge on any atom is -0.411 e. The van der Waals surface area contributed by atoms with Crippen molar-refractivity contribution in [2.45, 2.75) is 19.3 Å². The van der Waals surface area contributed by atoms with E-state index < -0.39 is 0 Å². The van der Waals surface area contributed by atoms with Crippen LogP contribution in [0.4, 0.5) is 5.69 Å². The zero-order chi connectivity index (χ0) is 16.2. The highest BCUT2D eigenvalue weighted by molar-refractivity contribution is 5.93. The number of aryl methyl sites for hydroxylation is 1. The largest absolute Gasteiger partial charge is 0.411 e. The molecule has 1 N–H and O–H groups in total. The molecule has 0 atom stereocenters. The topological polar surface area (TPSA) is 70.7 Å². The van der Waals surface area contributed by atoms with Gasteiger partial charge in [0.2, 0.25) is 0 Å². The number of oxime groups is 1. The summed E-state index contributed by atoms with van der Waals surface area (Å²) in [6.45, 7) is 1.86. The third kappa shape index (κ3) is 2.97. The molecular formula is C17H20N4O2. The van der Waals surface area contributed by atoms with Crippen molar-refractivity contribution in [1.82, 2.24) is 9.78 Å². The van der Waals surface area contributed by atoms with Gasteiger partial charge in [-0.1, -0.05) is 29.4 Å². The van der Waals surface area contributed by atoms with Crippen molar-refractivity contribution in [3.8, 4) is 11.1 Å². The van der Waals surface area contributed by atoms with Gasteiger partial charge in [0.05, 0.1) is 23.7 Å². The van der Waals surface area contributed by atoms with Crippen molar-refractivity contribution >= 4 is 11.9 Å². The Balaban J connectivity index is 2.21. The molecule has 1 aliphatic heterocycles. The van der Waals surface area contributed by atoms with Gasteiger partial charge in [-0.15, -0.1) is 0 Å². The zero-order valence-corrected chi connectivity index (χ0v) is 13.1. The van der Waals surface area contributed by atoms with Crippen LogP contribution in [0.15, 0.2) is 40.4 Å². The van der Waals surface area contributed by atoms with Crippen molar-refractivity contribution in [3.63, 3.8) is 0 Å². The van der Waals surface area contributed by atoms with Gasteiger partial charge in [0.15, 0.2) is 0 Å². The number of anilines is 1. The maximum Gasteiger partial charge on any atom is 0.276 e. The standard InChI is InChI=1S/C17H20N4O2/c1-20-17(22)16(14-8-4-3-7-13(14)11-19-23)15(12-18-20)21-9-5-2-6-10-21/h3-4,7-8,11-12,23H,2,5-6,9-10H2,1H3/b19-11+. The molecule has 0 radical (unpaired) electrons. The van der Waals surface area contributed by atoms with E-state index in [2.05, 4.69) is 15.2 Å². The molecule has 0 aliphatic carbocycles. The van der Waals surface area contributed by atoms with Gasteiger partial charge in [0.1, 0.15) is 0 Å². The normalized spacial score (nSPS) is 15.3. The van der Waals surface area contributed by atoms with Crippen LogP contribution in [0.5, 0.6) is 0 Å². The third-order valence-electron chi connectivity index (χ3n) is 4.24. The molecule has 0 saturated carbocycles. The Bertz CT molecular complexity index is 776. The monoisotopic (exact) mass is 312 g/mol. The van der Waals surface area contributed by atoms with Crippen molar-refractivity contribution in [3.05, 3.63) is 46.4 Å². The van der Waals surface area contributed by atoms with Crippen molar-refractivity contribution < 1.29 is 5.21 Å². The predicted molar refractivity (Wildman–Crippen MR) is 90.4 cm³/mol. The van der Waals surface area contributed by atoms with Gasteiger partial charge in [-0.3, -0.25) is 4.79 Å². The Kier molecular flexibility index (Phi) is 4.41. The fraction of sp³-hybridized carbons (Fsp3) is 0.353. The number of piperidine rings is 1. The van der Waals surface area contributed by atoms with Crippen LogP contribution in [0, 0.1) is 0 Å². The number of hydrogen-bond acceptors (Lipinski definition) is 5. The van der Waals surface area contributed by atoms with E-state index in [0.717, 1.165) is 37.2 Å². The van der Waals surface area contributed by atoms with Crippen molar-refractivity contribution in [2.75, 3.05) is 18.0 Å². The number of benzene rings is 1. The number of hydrogen-bond donors (Lipinski definition) is 1. The second-order valence-electron chi connectivity index (χ2n) is 5.71. The average Bonchev–Trinajstić information content (AvgIpc) is 2.59. The summed E-state index contributed by atoms with van der Waals surface area (Å²) in [6.07, 6.45) is 6.57. The first-order valence-corrected chi connectivity index (χ1v) is 7.80. The zero-order valence-electron chi connectivity index (χ0n) is 13.1. The maximum absolute atomic E-state index is 12.8. The van der Waals surface area contributed by atoms with Crippen LogP contribution in [0.2, 0.25) is 0 Å². The molecule has 0 amide bonds. The number of aromatic nitrogens is 2. The first-order valence-electron chi connectivity index (χ1n) is 7.80. The summed E-state index contributed by atoms with van der Waals surface area (Å²) < 4.78 is 1.34. The van der Waals surface area contributed by atoms with Gasteiger partial charge in [-0.05, 0) is 24.8 Å². The van der Waals surface area contributed by atoms with Crippen molar-refractivity contribution in [1.29, 1.82) is 0 Å². The van der Waals surface area contributed by atoms with Gasteiger partial charge in [0.25, 0.3) is 5.56 Å². The van der Waals surface area contributed by atoms with E-state index in [1.807, 2.05) is 24.3 Å². The minimum absolute atomic E-state index is 0.146. The highest BCUT2D eigenvalue weighted by atomic mass is 16.4. The van der Waals surface area contributed by atoms with Crippen molar-refractivity contribution in [2.24, 2.45) is 12.2 Å². The van der Waals surface area contributed by atoms with E-state index in [1.54, 1.807) is 13.2 Å².